The number of anilines is 2. The maximum Gasteiger partial charge on any atom is 0.341 e. The minimum absolute atomic E-state index is 0.0626. The van der Waals surface area contributed by atoms with Crippen molar-refractivity contribution in [3.63, 3.8) is 0 Å². The number of phenols is 1. The van der Waals surface area contributed by atoms with E-state index in [1.165, 1.54) is 31.6 Å². The molecule has 0 spiro atoms. The van der Waals surface area contributed by atoms with Gasteiger partial charge in [0.15, 0.2) is 0 Å². The van der Waals surface area contributed by atoms with Crippen molar-refractivity contribution < 1.29 is 14.6 Å². The van der Waals surface area contributed by atoms with Crippen molar-refractivity contribution >= 4 is 29.1 Å². The Hall–Kier alpha value is -2.34. The molecule has 0 amide bonds. The number of nitrogens with zero attached hydrogens (tertiary/aromatic N) is 2. The molecule has 19 heavy (non-hydrogen) atoms. The molecular formula is C12H10ClN3O3. The van der Waals surface area contributed by atoms with Crippen LogP contribution in [0, 0.1) is 0 Å². The van der Waals surface area contributed by atoms with Crippen molar-refractivity contribution in [3.05, 3.63) is 41.3 Å². The minimum Gasteiger partial charge on any atom is -0.507 e. The van der Waals surface area contributed by atoms with E-state index in [-0.39, 0.29) is 11.3 Å². The maximum absolute atomic E-state index is 11.4. The molecule has 0 fully saturated rings. The zero-order valence-corrected chi connectivity index (χ0v) is 10.7. The first-order valence-corrected chi connectivity index (χ1v) is 5.64. The van der Waals surface area contributed by atoms with Crippen molar-refractivity contribution in [2.75, 3.05) is 12.4 Å². The number of hydrogen-bond acceptors (Lipinski definition) is 6. The van der Waals surface area contributed by atoms with Gasteiger partial charge in [0, 0.05) is 11.8 Å². The van der Waals surface area contributed by atoms with E-state index >= 15 is 0 Å². The van der Waals surface area contributed by atoms with Gasteiger partial charge in [0.2, 0.25) is 0 Å². The quantitative estimate of drug-likeness (QED) is 0.510. The summed E-state index contributed by atoms with van der Waals surface area (Å²) in [6, 6.07) is 5.97. The van der Waals surface area contributed by atoms with Gasteiger partial charge >= 0.3 is 5.97 Å². The van der Waals surface area contributed by atoms with Crippen molar-refractivity contribution in [2.45, 2.75) is 0 Å². The highest BCUT2D eigenvalue weighted by Gasteiger charge is 2.12. The van der Waals surface area contributed by atoms with Gasteiger partial charge < -0.3 is 15.2 Å². The van der Waals surface area contributed by atoms with Crippen LogP contribution in [0.2, 0.25) is 5.15 Å². The highest BCUT2D eigenvalue weighted by Crippen LogP contribution is 2.24. The Bertz CT molecular complexity index is 619. The Labute approximate surface area is 114 Å². The Morgan fingerprint density at radius 1 is 1.37 bits per heavy atom. The third kappa shape index (κ3) is 3.11. The van der Waals surface area contributed by atoms with Crippen LogP contribution >= 0.6 is 11.6 Å². The number of phenolic OH excluding ortho intramolecular Hbond substituents is 1. The molecule has 98 valence electrons. The van der Waals surface area contributed by atoms with Gasteiger partial charge in [-0.25, -0.2) is 14.8 Å². The molecular weight excluding hydrogens is 270 g/mol. The molecule has 0 bridgehead atoms. The molecule has 7 heteroatoms. The maximum atomic E-state index is 11.4. The number of hydrogen-bond donors (Lipinski definition) is 2. The predicted molar refractivity (Wildman–Crippen MR) is 69.8 cm³/mol. The molecule has 0 aliphatic carbocycles. The first-order valence-electron chi connectivity index (χ1n) is 5.26. The minimum atomic E-state index is -0.623. The molecule has 1 aromatic heterocycles. The van der Waals surface area contributed by atoms with Crippen LogP contribution in [-0.2, 0) is 4.74 Å². The standard InChI is InChI=1S/C12H10ClN3O3/c1-19-12(18)8-4-7(2-3-9(8)17)16-11-5-10(13)14-6-15-11/h2-6,17H,1H3,(H,14,15,16). The highest BCUT2D eigenvalue weighted by molar-refractivity contribution is 6.29. The lowest BCUT2D eigenvalue weighted by molar-refractivity contribution is 0.0597. The van der Waals surface area contributed by atoms with Gasteiger partial charge in [-0.3, -0.25) is 0 Å². The van der Waals surface area contributed by atoms with Gasteiger partial charge in [0.25, 0.3) is 0 Å². The van der Waals surface area contributed by atoms with Crippen LogP contribution in [-0.4, -0.2) is 28.2 Å². The van der Waals surface area contributed by atoms with Gasteiger partial charge in [-0.05, 0) is 18.2 Å². The van der Waals surface area contributed by atoms with Gasteiger partial charge in [-0.2, -0.15) is 0 Å². The third-order valence-electron chi connectivity index (χ3n) is 2.31. The fraction of sp³-hybridized carbons (Fsp3) is 0.0833. The molecule has 0 aliphatic rings. The molecule has 1 heterocycles. The smallest absolute Gasteiger partial charge is 0.341 e. The Balaban J connectivity index is 2.29. The summed E-state index contributed by atoms with van der Waals surface area (Å²) in [5.41, 5.74) is 0.626. The first kappa shape index (κ1) is 13.1. The number of nitrogens with one attached hydrogen (secondary N) is 1. The van der Waals surface area contributed by atoms with Crippen LogP contribution in [0.15, 0.2) is 30.6 Å². The van der Waals surface area contributed by atoms with E-state index < -0.39 is 5.97 Å². The molecule has 0 atom stereocenters. The highest BCUT2D eigenvalue weighted by atomic mass is 35.5. The number of benzene rings is 1. The number of rotatable bonds is 3. The lowest BCUT2D eigenvalue weighted by Crippen LogP contribution is -2.03. The van der Waals surface area contributed by atoms with E-state index in [2.05, 4.69) is 20.0 Å². The molecule has 0 aliphatic heterocycles. The second-order valence-electron chi connectivity index (χ2n) is 3.57. The molecule has 0 saturated heterocycles. The largest absolute Gasteiger partial charge is 0.507 e. The number of carbonyl (C=O) groups excluding carboxylic acids is 1. The zero-order valence-electron chi connectivity index (χ0n) is 9.92. The first-order chi connectivity index (χ1) is 9.10. The predicted octanol–water partition coefficient (Wildman–Crippen LogP) is 2.37. The van der Waals surface area contributed by atoms with E-state index in [4.69, 9.17) is 11.6 Å². The summed E-state index contributed by atoms with van der Waals surface area (Å²) >= 11 is 5.74. The van der Waals surface area contributed by atoms with Crippen LogP contribution < -0.4 is 5.32 Å². The van der Waals surface area contributed by atoms with E-state index in [1.54, 1.807) is 6.07 Å². The normalized spacial score (nSPS) is 10.0. The second kappa shape index (κ2) is 5.53. The van der Waals surface area contributed by atoms with Gasteiger partial charge in [0.05, 0.1) is 7.11 Å². The van der Waals surface area contributed by atoms with E-state index in [0.717, 1.165) is 0 Å². The number of aromatic hydroxyl groups is 1. The molecule has 0 saturated carbocycles. The van der Waals surface area contributed by atoms with E-state index in [0.29, 0.717) is 16.7 Å². The number of ether oxygens (including phenoxy) is 1. The average Bonchev–Trinajstić information content (AvgIpc) is 2.40. The molecule has 6 nitrogen and oxygen atoms in total. The van der Waals surface area contributed by atoms with Crippen molar-refractivity contribution in [2.24, 2.45) is 0 Å². The Morgan fingerprint density at radius 2 is 2.16 bits per heavy atom. The number of carbonyl (C=O) groups is 1. The molecule has 1 aromatic carbocycles. The van der Waals surface area contributed by atoms with Crippen LogP contribution in [0.5, 0.6) is 5.75 Å². The van der Waals surface area contributed by atoms with Crippen LogP contribution in [0.3, 0.4) is 0 Å². The van der Waals surface area contributed by atoms with Crippen molar-refractivity contribution in [1.29, 1.82) is 0 Å². The van der Waals surface area contributed by atoms with Gasteiger partial charge in [-0.1, -0.05) is 11.6 Å². The summed E-state index contributed by atoms with van der Waals surface area (Å²) in [6.45, 7) is 0. The SMILES string of the molecule is COC(=O)c1cc(Nc2cc(Cl)ncn2)ccc1O. The van der Waals surface area contributed by atoms with Gasteiger partial charge in [0.1, 0.15) is 28.6 Å². The van der Waals surface area contributed by atoms with Crippen LogP contribution in [0.25, 0.3) is 0 Å². The fourth-order valence-corrected chi connectivity index (χ4v) is 1.58. The summed E-state index contributed by atoms with van der Waals surface area (Å²) < 4.78 is 4.57. The summed E-state index contributed by atoms with van der Waals surface area (Å²) in [4.78, 5) is 19.2. The fourth-order valence-electron chi connectivity index (χ4n) is 1.44. The van der Waals surface area contributed by atoms with E-state index in [1.807, 2.05) is 0 Å². The average molecular weight is 280 g/mol. The monoisotopic (exact) mass is 279 g/mol. The Kier molecular flexibility index (Phi) is 3.82. The number of halogens is 1. The lowest BCUT2D eigenvalue weighted by Gasteiger charge is -2.08. The second-order valence-corrected chi connectivity index (χ2v) is 3.96. The summed E-state index contributed by atoms with van der Waals surface area (Å²) in [5, 5.41) is 12.8. The number of esters is 1. The van der Waals surface area contributed by atoms with E-state index in [9.17, 15) is 9.90 Å². The molecule has 0 unspecified atom stereocenters. The molecule has 0 radical (unpaired) electrons. The third-order valence-corrected chi connectivity index (χ3v) is 2.51. The summed E-state index contributed by atoms with van der Waals surface area (Å²) in [6.07, 6.45) is 1.31. The van der Waals surface area contributed by atoms with Crippen LogP contribution in [0.1, 0.15) is 10.4 Å². The van der Waals surface area contributed by atoms with Crippen LogP contribution in [0.4, 0.5) is 11.5 Å². The van der Waals surface area contributed by atoms with Gasteiger partial charge in [-0.15, -0.1) is 0 Å². The zero-order chi connectivity index (χ0) is 13.8. The topological polar surface area (TPSA) is 84.3 Å². The molecule has 2 aromatic rings. The molecule has 2 rings (SSSR count). The summed E-state index contributed by atoms with van der Waals surface area (Å²) in [7, 11) is 1.24. The number of aromatic nitrogens is 2. The number of methoxy groups -OCH3 is 1. The van der Waals surface area contributed by atoms with Crippen molar-refractivity contribution in [1.82, 2.24) is 9.97 Å². The van der Waals surface area contributed by atoms with Crippen molar-refractivity contribution in [3.8, 4) is 5.75 Å². The lowest BCUT2D eigenvalue weighted by atomic mass is 10.2. The molecule has 2 N–H and O–H groups in total. The Morgan fingerprint density at radius 3 is 2.84 bits per heavy atom. The summed E-state index contributed by atoms with van der Waals surface area (Å²) in [5.74, 6) is -0.304.